The van der Waals surface area contributed by atoms with Crippen molar-refractivity contribution in [3.05, 3.63) is 58.8 Å². The summed E-state index contributed by atoms with van der Waals surface area (Å²) in [5, 5.41) is 10.3. The van der Waals surface area contributed by atoms with Gasteiger partial charge in [-0.05, 0) is 63.3 Å². The van der Waals surface area contributed by atoms with E-state index in [0.29, 0.717) is 24.3 Å². The first-order valence-electron chi connectivity index (χ1n) is 10.9. The zero-order valence-corrected chi connectivity index (χ0v) is 18.7. The van der Waals surface area contributed by atoms with Crippen molar-refractivity contribution in [1.29, 1.82) is 0 Å². The van der Waals surface area contributed by atoms with Crippen LogP contribution in [0.25, 0.3) is 11.4 Å². The first-order chi connectivity index (χ1) is 15.1. The van der Waals surface area contributed by atoms with Crippen LogP contribution in [0.1, 0.15) is 43.0 Å². The van der Waals surface area contributed by atoms with Gasteiger partial charge in [0.2, 0.25) is 5.91 Å². The second-order valence-electron chi connectivity index (χ2n) is 8.06. The highest BCUT2D eigenvalue weighted by Gasteiger charge is 2.25. The lowest BCUT2D eigenvalue weighted by Gasteiger charge is -2.33. The third-order valence-electron chi connectivity index (χ3n) is 5.79. The van der Waals surface area contributed by atoms with E-state index in [4.69, 9.17) is 16.6 Å². The summed E-state index contributed by atoms with van der Waals surface area (Å²) in [5.41, 5.74) is 2.13. The van der Waals surface area contributed by atoms with E-state index in [2.05, 4.69) is 26.5 Å². The maximum atomic E-state index is 12.7. The maximum absolute atomic E-state index is 12.7. The van der Waals surface area contributed by atoms with Crippen LogP contribution in [0.5, 0.6) is 0 Å². The maximum Gasteiger partial charge on any atom is 0.221 e. The molecule has 0 bridgehead atoms. The average molecular weight is 440 g/mol. The second-order valence-corrected chi connectivity index (χ2v) is 8.44. The van der Waals surface area contributed by atoms with Gasteiger partial charge in [-0.1, -0.05) is 30.2 Å². The summed E-state index contributed by atoms with van der Waals surface area (Å²) in [6.45, 7) is 5.12. The Bertz CT molecular complexity index is 1050. The molecule has 0 spiro atoms. The molecular formula is C23H29N5O2S. The largest absolute Gasteiger partial charge is 0.468 e. The number of rotatable bonds is 8. The van der Waals surface area contributed by atoms with E-state index in [1.54, 1.807) is 6.26 Å². The van der Waals surface area contributed by atoms with E-state index in [9.17, 15) is 4.79 Å². The van der Waals surface area contributed by atoms with Crippen LogP contribution in [0.15, 0.2) is 47.1 Å². The van der Waals surface area contributed by atoms with Crippen molar-refractivity contribution in [2.24, 2.45) is 0 Å². The smallest absolute Gasteiger partial charge is 0.221 e. The van der Waals surface area contributed by atoms with Crippen molar-refractivity contribution >= 4 is 18.1 Å². The number of benzene rings is 1. The number of H-pyrrole nitrogens is 1. The SMILES string of the molecule is Cc1cccc(-c2n[nH]c(=S)n2CCC(=O)NCC(c2ccco2)N2CCCCC2)c1. The molecule has 1 amide bonds. The number of aromatic amines is 1. The predicted octanol–water partition coefficient (Wildman–Crippen LogP) is 4.24. The number of hydrogen-bond acceptors (Lipinski definition) is 5. The van der Waals surface area contributed by atoms with Gasteiger partial charge in [-0.25, -0.2) is 0 Å². The van der Waals surface area contributed by atoms with Gasteiger partial charge in [0.05, 0.1) is 12.3 Å². The van der Waals surface area contributed by atoms with E-state index >= 15 is 0 Å². The van der Waals surface area contributed by atoms with Crippen LogP contribution in [-0.2, 0) is 11.3 Å². The monoisotopic (exact) mass is 439 g/mol. The Morgan fingerprint density at radius 1 is 1.26 bits per heavy atom. The third kappa shape index (κ3) is 5.32. The normalized spacial score (nSPS) is 15.6. The summed E-state index contributed by atoms with van der Waals surface area (Å²) in [7, 11) is 0. The van der Waals surface area contributed by atoms with Gasteiger partial charge in [-0.15, -0.1) is 0 Å². The van der Waals surface area contributed by atoms with Crippen LogP contribution in [0, 0.1) is 11.7 Å². The van der Waals surface area contributed by atoms with Crippen LogP contribution in [-0.4, -0.2) is 45.2 Å². The number of piperidine rings is 1. The van der Waals surface area contributed by atoms with Gasteiger partial charge < -0.3 is 9.73 Å². The molecule has 1 fully saturated rings. The van der Waals surface area contributed by atoms with Crippen LogP contribution < -0.4 is 5.32 Å². The molecule has 164 valence electrons. The van der Waals surface area contributed by atoms with E-state index in [1.165, 1.54) is 19.3 Å². The van der Waals surface area contributed by atoms with E-state index < -0.39 is 0 Å². The molecule has 2 aromatic heterocycles. The number of nitrogens with one attached hydrogen (secondary N) is 2. The zero-order valence-electron chi connectivity index (χ0n) is 17.8. The van der Waals surface area contributed by atoms with Crippen molar-refractivity contribution in [3.8, 4) is 11.4 Å². The van der Waals surface area contributed by atoms with Crippen molar-refractivity contribution in [2.45, 2.75) is 45.2 Å². The topological polar surface area (TPSA) is 79.1 Å². The van der Waals surface area contributed by atoms with Crippen LogP contribution in [0.2, 0.25) is 0 Å². The Morgan fingerprint density at radius 2 is 2.10 bits per heavy atom. The Balaban J connectivity index is 1.38. The standard InChI is InChI=1S/C23H29N5O2S/c1-17-7-5-8-18(15-17)22-25-26-23(31)28(22)13-10-21(29)24-16-19(20-9-6-14-30-20)27-11-3-2-4-12-27/h5-9,14-15,19H,2-4,10-13,16H2,1H3,(H,24,29)(H,26,31). The summed E-state index contributed by atoms with van der Waals surface area (Å²) >= 11 is 5.40. The summed E-state index contributed by atoms with van der Waals surface area (Å²) in [4.78, 5) is 15.1. The van der Waals surface area contributed by atoms with Gasteiger partial charge in [0.25, 0.3) is 0 Å². The molecule has 1 aliphatic heterocycles. The van der Waals surface area contributed by atoms with E-state index in [0.717, 1.165) is 35.8 Å². The Kier molecular flexibility index (Phi) is 6.99. The molecule has 1 unspecified atom stereocenters. The number of aromatic nitrogens is 3. The molecule has 3 aromatic rings. The number of nitrogens with zero attached hydrogens (tertiary/aromatic N) is 3. The van der Waals surface area contributed by atoms with Crippen LogP contribution in [0.3, 0.4) is 0 Å². The highest BCUT2D eigenvalue weighted by Crippen LogP contribution is 2.24. The number of hydrogen-bond donors (Lipinski definition) is 2. The summed E-state index contributed by atoms with van der Waals surface area (Å²) < 4.78 is 8.07. The molecule has 2 N–H and O–H groups in total. The van der Waals surface area contributed by atoms with Crippen molar-refractivity contribution in [2.75, 3.05) is 19.6 Å². The summed E-state index contributed by atoms with van der Waals surface area (Å²) in [6.07, 6.45) is 5.67. The quantitative estimate of drug-likeness (QED) is 0.513. The molecule has 0 aliphatic carbocycles. The second kappa shape index (κ2) is 10.1. The average Bonchev–Trinajstić information content (AvgIpc) is 3.43. The van der Waals surface area contributed by atoms with Gasteiger partial charge in [0, 0.05) is 25.1 Å². The lowest BCUT2D eigenvalue weighted by Crippen LogP contribution is -2.40. The molecular weight excluding hydrogens is 410 g/mol. The Morgan fingerprint density at radius 3 is 2.84 bits per heavy atom. The van der Waals surface area contributed by atoms with E-state index in [-0.39, 0.29) is 11.9 Å². The number of amides is 1. The fourth-order valence-electron chi connectivity index (χ4n) is 4.16. The van der Waals surface area contributed by atoms with Gasteiger partial charge in [0.15, 0.2) is 10.6 Å². The zero-order chi connectivity index (χ0) is 21.6. The van der Waals surface area contributed by atoms with E-state index in [1.807, 2.05) is 41.8 Å². The molecule has 8 heteroatoms. The first-order valence-corrected chi connectivity index (χ1v) is 11.3. The van der Waals surface area contributed by atoms with Crippen molar-refractivity contribution in [3.63, 3.8) is 0 Å². The van der Waals surface area contributed by atoms with Crippen molar-refractivity contribution < 1.29 is 9.21 Å². The minimum absolute atomic E-state index is 0.00754. The number of carbonyl (C=O) groups excluding carboxylic acids is 1. The molecule has 31 heavy (non-hydrogen) atoms. The first kappa shape index (κ1) is 21.5. The Labute approximate surface area is 187 Å². The molecule has 0 radical (unpaired) electrons. The fourth-order valence-corrected chi connectivity index (χ4v) is 4.39. The van der Waals surface area contributed by atoms with Gasteiger partial charge in [0.1, 0.15) is 5.76 Å². The lowest BCUT2D eigenvalue weighted by molar-refractivity contribution is -0.121. The van der Waals surface area contributed by atoms with Gasteiger partial charge >= 0.3 is 0 Å². The molecule has 7 nitrogen and oxygen atoms in total. The number of aryl methyl sites for hydroxylation is 1. The molecule has 1 aromatic carbocycles. The van der Waals surface area contributed by atoms with Crippen molar-refractivity contribution in [1.82, 2.24) is 25.0 Å². The molecule has 0 saturated carbocycles. The molecule has 1 saturated heterocycles. The summed E-state index contributed by atoms with van der Waals surface area (Å²) in [6, 6.07) is 12.1. The number of furan rings is 1. The Hall–Kier alpha value is -2.71. The predicted molar refractivity (Wildman–Crippen MR) is 122 cm³/mol. The summed E-state index contributed by atoms with van der Waals surface area (Å²) in [5.74, 6) is 1.65. The van der Waals surface area contributed by atoms with Crippen LogP contribution in [0.4, 0.5) is 0 Å². The highest BCUT2D eigenvalue weighted by molar-refractivity contribution is 7.71. The molecule has 4 rings (SSSR count). The number of likely N-dealkylation sites (tertiary alicyclic amines) is 1. The van der Waals surface area contributed by atoms with Gasteiger partial charge in [-0.2, -0.15) is 5.10 Å². The minimum Gasteiger partial charge on any atom is -0.468 e. The highest BCUT2D eigenvalue weighted by atomic mass is 32.1. The molecule has 3 heterocycles. The third-order valence-corrected chi connectivity index (χ3v) is 6.10. The minimum atomic E-state index is -0.00754. The number of carbonyl (C=O) groups is 1. The fraction of sp³-hybridized carbons (Fsp3) is 0.435. The van der Waals surface area contributed by atoms with Crippen LogP contribution >= 0.6 is 12.2 Å². The molecule has 1 atom stereocenters. The van der Waals surface area contributed by atoms with Gasteiger partial charge in [-0.3, -0.25) is 19.4 Å². The lowest BCUT2D eigenvalue weighted by atomic mass is 10.1. The molecule has 1 aliphatic rings.